The maximum atomic E-state index is 11.8. The maximum absolute atomic E-state index is 11.8. The fourth-order valence-electron chi connectivity index (χ4n) is 2.51. The number of ether oxygens (including phenoxy) is 2. The molecule has 0 saturated heterocycles. The van der Waals surface area contributed by atoms with Crippen LogP contribution in [0.2, 0.25) is 0 Å². The van der Waals surface area contributed by atoms with Crippen molar-refractivity contribution in [3.8, 4) is 5.75 Å². The van der Waals surface area contributed by atoms with Gasteiger partial charge in [-0.05, 0) is 19.9 Å². The number of hydrogen-bond donors (Lipinski definition) is 0. The summed E-state index contributed by atoms with van der Waals surface area (Å²) in [6.07, 6.45) is 0. The number of carbonyl (C=O) groups is 1. The van der Waals surface area contributed by atoms with Crippen molar-refractivity contribution in [3.05, 3.63) is 41.2 Å². The Morgan fingerprint density at radius 1 is 1.48 bits per heavy atom. The lowest BCUT2D eigenvalue weighted by Gasteiger charge is -2.10. The first-order valence-electron chi connectivity index (χ1n) is 6.99. The number of para-hydroxylation sites is 1. The number of fused-ring (bicyclic) bond motifs is 1. The number of hydrogen-bond acceptors (Lipinski definition) is 5. The van der Waals surface area contributed by atoms with Gasteiger partial charge in [-0.15, -0.1) is 5.10 Å². The number of carbonyl (C=O) groups excluding carboxylic acids is 1. The maximum Gasteiger partial charge on any atom is 0.360 e. The van der Waals surface area contributed by atoms with Gasteiger partial charge < -0.3 is 9.47 Å². The van der Waals surface area contributed by atoms with Gasteiger partial charge in [0.25, 0.3) is 0 Å². The Morgan fingerprint density at radius 3 is 3.10 bits per heavy atom. The van der Waals surface area contributed by atoms with E-state index in [4.69, 9.17) is 9.47 Å². The minimum atomic E-state index is -0.427. The van der Waals surface area contributed by atoms with Crippen molar-refractivity contribution in [2.45, 2.75) is 26.3 Å². The van der Waals surface area contributed by atoms with Gasteiger partial charge in [0.05, 0.1) is 25.5 Å². The molecule has 1 aromatic carbocycles. The lowest BCUT2D eigenvalue weighted by Crippen LogP contribution is -2.14. The summed E-state index contributed by atoms with van der Waals surface area (Å²) < 4.78 is 12.4. The molecule has 2 aromatic rings. The van der Waals surface area contributed by atoms with Gasteiger partial charge >= 0.3 is 5.97 Å². The Bertz CT molecular complexity index is 666. The number of esters is 1. The lowest BCUT2D eigenvalue weighted by atomic mass is 10.0. The zero-order valence-electron chi connectivity index (χ0n) is 12.1. The van der Waals surface area contributed by atoms with E-state index in [-0.39, 0.29) is 11.6 Å². The first-order valence-corrected chi connectivity index (χ1v) is 6.99. The average molecular weight is 287 g/mol. The molecular formula is C15H17N3O3. The molecule has 0 fully saturated rings. The highest BCUT2D eigenvalue weighted by molar-refractivity contribution is 5.88. The summed E-state index contributed by atoms with van der Waals surface area (Å²) in [6.45, 7) is 5.18. The van der Waals surface area contributed by atoms with Gasteiger partial charge in [0.15, 0.2) is 5.69 Å². The van der Waals surface area contributed by atoms with E-state index in [0.29, 0.717) is 19.8 Å². The highest BCUT2D eigenvalue weighted by Gasteiger charge is 2.26. The molecule has 3 rings (SSSR count). The van der Waals surface area contributed by atoms with E-state index in [1.165, 1.54) is 5.56 Å². The van der Waals surface area contributed by atoms with Gasteiger partial charge in [-0.1, -0.05) is 23.4 Å². The topological polar surface area (TPSA) is 66.2 Å². The van der Waals surface area contributed by atoms with Crippen LogP contribution in [-0.2, 0) is 11.3 Å². The Hall–Kier alpha value is -2.37. The third-order valence-electron chi connectivity index (χ3n) is 3.64. The van der Waals surface area contributed by atoms with E-state index < -0.39 is 5.97 Å². The van der Waals surface area contributed by atoms with Gasteiger partial charge in [-0.25, -0.2) is 9.48 Å². The standard InChI is InChI=1S/C15H17N3O3/c1-3-20-15(19)14-10(2)18(17-16-14)8-11-9-21-13-7-5-4-6-12(11)13/h4-7,11H,3,8-9H2,1-2H3. The third kappa shape index (κ3) is 2.49. The summed E-state index contributed by atoms with van der Waals surface area (Å²) in [4.78, 5) is 11.8. The van der Waals surface area contributed by atoms with Crippen molar-refractivity contribution in [2.24, 2.45) is 0 Å². The van der Waals surface area contributed by atoms with Gasteiger partial charge in [0.2, 0.25) is 0 Å². The molecule has 1 aliphatic heterocycles. The van der Waals surface area contributed by atoms with Crippen molar-refractivity contribution >= 4 is 5.97 Å². The van der Waals surface area contributed by atoms with Gasteiger partial charge in [0.1, 0.15) is 5.75 Å². The van der Waals surface area contributed by atoms with Crippen molar-refractivity contribution in [1.29, 1.82) is 0 Å². The summed E-state index contributed by atoms with van der Waals surface area (Å²) >= 11 is 0. The largest absolute Gasteiger partial charge is 0.493 e. The van der Waals surface area contributed by atoms with Crippen molar-refractivity contribution in [3.63, 3.8) is 0 Å². The summed E-state index contributed by atoms with van der Waals surface area (Å²) in [5.74, 6) is 0.715. The van der Waals surface area contributed by atoms with Gasteiger partial charge in [0, 0.05) is 11.5 Å². The molecule has 0 radical (unpaired) electrons. The fraction of sp³-hybridized carbons (Fsp3) is 0.400. The van der Waals surface area contributed by atoms with E-state index in [1.807, 2.05) is 25.1 Å². The normalized spacial score (nSPS) is 16.4. The van der Waals surface area contributed by atoms with E-state index >= 15 is 0 Å². The Balaban J connectivity index is 1.79. The molecule has 6 nitrogen and oxygen atoms in total. The summed E-state index contributed by atoms with van der Waals surface area (Å²) in [6, 6.07) is 7.98. The summed E-state index contributed by atoms with van der Waals surface area (Å²) in [7, 11) is 0. The predicted octanol–water partition coefficient (Wildman–Crippen LogP) is 1.94. The lowest BCUT2D eigenvalue weighted by molar-refractivity contribution is 0.0518. The van der Waals surface area contributed by atoms with Crippen molar-refractivity contribution in [1.82, 2.24) is 15.0 Å². The van der Waals surface area contributed by atoms with Crippen LogP contribution in [-0.4, -0.2) is 34.2 Å². The third-order valence-corrected chi connectivity index (χ3v) is 3.64. The minimum Gasteiger partial charge on any atom is -0.493 e. The van der Waals surface area contributed by atoms with Crippen LogP contribution in [0.5, 0.6) is 5.75 Å². The zero-order chi connectivity index (χ0) is 14.8. The van der Waals surface area contributed by atoms with Crippen LogP contribution in [0.3, 0.4) is 0 Å². The molecule has 0 amide bonds. The molecule has 1 unspecified atom stereocenters. The van der Waals surface area contributed by atoms with Crippen molar-refractivity contribution < 1.29 is 14.3 Å². The van der Waals surface area contributed by atoms with Crippen LogP contribution in [0.15, 0.2) is 24.3 Å². The molecule has 0 saturated carbocycles. The molecule has 2 heterocycles. The monoisotopic (exact) mass is 287 g/mol. The zero-order valence-corrected chi connectivity index (χ0v) is 12.1. The van der Waals surface area contributed by atoms with Gasteiger partial charge in [-0.2, -0.15) is 0 Å². The average Bonchev–Trinajstić information content (AvgIpc) is 3.05. The molecule has 1 aromatic heterocycles. The Kier molecular flexibility index (Phi) is 3.60. The van der Waals surface area contributed by atoms with E-state index in [0.717, 1.165) is 11.4 Å². The van der Waals surface area contributed by atoms with Crippen LogP contribution in [0.25, 0.3) is 0 Å². The number of nitrogens with zero attached hydrogens (tertiary/aromatic N) is 3. The highest BCUT2D eigenvalue weighted by atomic mass is 16.5. The first-order chi connectivity index (χ1) is 10.2. The molecule has 0 spiro atoms. The van der Waals surface area contributed by atoms with Crippen LogP contribution in [0, 0.1) is 6.92 Å². The quantitative estimate of drug-likeness (QED) is 0.804. The number of rotatable bonds is 4. The van der Waals surface area contributed by atoms with E-state index in [9.17, 15) is 4.79 Å². The Morgan fingerprint density at radius 2 is 2.29 bits per heavy atom. The molecule has 0 bridgehead atoms. The number of aromatic nitrogens is 3. The second kappa shape index (κ2) is 5.55. The molecule has 6 heteroatoms. The second-order valence-electron chi connectivity index (χ2n) is 4.97. The van der Waals surface area contributed by atoms with Crippen molar-refractivity contribution in [2.75, 3.05) is 13.2 Å². The SMILES string of the molecule is CCOC(=O)c1nnn(CC2COc3ccccc32)c1C. The first kappa shape index (κ1) is 13.6. The summed E-state index contributed by atoms with van der Waals surface area (Å²) in [5, 5.41) is 8.00. The predicted molar refractivity (Wildman–Crippen MR) is 75.4 cm³/mol. The molecule has 1 aliphatic rings. The van der Waals surface area contributed by atoms with E-state index in [1.54, 1.807) is 11.6 Å². The highest BCUT2D eigenvalue weighted by Crippen LogP contribution is 2.34. The smallest absolute Gasteiger partial charge is 0.360 e. The summed E-state index contributed by atoms with van der Waals surface area (Å²) in [5.41, 5.74) is 2.17. The van der Waals surface area contributed by atoms with E-state index in [2.05, 4.69) is 16.4 Å². The van der Waals surface area contributed by atoms with Crippen LogP contribution >= 0.6 is 0 Å². The molecule has 1 atom stereocenters. The van der Waals surface area contributed by atoms with Crippen LogP contribution < -0.4 is 4.74 Å². The van der Waals surface area contributed by atoms with Crippen LogP contribution in [0.4, 0.5) is 0 Å². The molecule has 21 heavy (non-hydrogen) atoms. The second-order valence-corrected chi connectivity index (χ2v) is 4.97. The number of benzene rings is 1. The van der Waals surface area contributed by atoms with Crippen LogP contribution in [0.1, 0.15) is 34.6 Å². The molecule has 0 N–H and O–H groups in total. The Labute approximate surface area is 122 Å². The minimum absolute atomic E-state index is 0.219. The molecular weight excluding hydrogens is 270 g/mol. The molecule has 0 aliphatic carbocycles. The van der Waals surface area contributed by atoms with Gasteiger partial charge in [-0.3, -0.25) is 0 Å². The fourth-order valence-corrected chi connectivity index (χ4v) is 2.51. The molecule has 110 valence electrons.